The van der Waals surface area contributed by atoms with Crippen LogP contribution in [0.15, 0.2) is 6.20 Å². The first-order chi connectivity index (χ1) is 7.79. The maximum absolute atomic E-state index is 13.4. The molecule has 0 unspecified atom stereocenters. The summed E-state index contributed by atoms with van der Waals surface area (Å²) in [5, 5.41) is 2.76. The van der Waals surface area contributed by atoms with Gasteiger partial charge in [0, 0.05) is 7.05 Å². The fourth-order valence-corrected chi connectivity index (χ4v) is 1.90. The standard InChI is InChI=1S/C11H16FN3O/c1-13-11-14-7-9(12)10(15-11)16-8-5-3-2-4-6-8/h7-8H,2-6H2,1H3,(H,13,14,15). The van der Waals surface area contributed by atoms with Gasteiger partial charge in [-0.25, -0.2) is 4.98 Å². The van der Waals surface area contributed by atoms with E-state index in [1.54, 1.807) is 7.05 Å². The van der Waals surface area contributed by atoms with E-state index in [2.05, 4.69) is 15.3 Å². The second kappa shape index (κ2) is 5.09. The Bertz CT molecular complexity index is 353. The summed E-state index contributed by atoms with van der Waals surface area (Å²) in [6.07, 6.45) is 6.75. The van der Waals surface area contributed by atoms with E-state index < -0.39 is 5.82 Å². The molecule has 0 amide bonds. The van der Waals surface area contributed by atoms with Crippen molar-refractivity contribution in [2.24, 2.45) is 0 Å². The van der Waals surface area contributed by atoms with Crippen LogP contribution < -0.4 is 10.1 Å². The van der Waals surface area contributed by atoms with Crippen molar-refractivity contribution in [2.75, 3.05) is 12.4 Å². The molecule has 1 fully saturated rings. The van der Waals surface area contributed by atoms with Crippen molar-refractivity contribution >= 4 is 5.95 Å². The highest BCUT2D eigenvalue weighted by molar-refractivity contribution is 5.27. The molecule has 16 heavy (non-hydrogen) atoms. The van der Waals surface area contributed by atoms with Gasteiger partial charge in [-0.15, -0.1) is 0 Å². The molecule has 0 spiro atoms. The average Bonchev–Trinajstić information content (AvgIpc) is 2.33. The molecule has 1 aliphatic carbocycles. The fraction of sp³-hybridized carbons (Fsp3) is 0.636. The van der Waals surface area contributed by atoms with E-state index in [9.17, 15) is 4.39 Å². The van der Waals surface area contributed by atoms with Crippen LogP contribution >= 0.6 is 0 Å². The third-order valence-corrected chi connectivity index (χ3v) is 2.77. The molecule has 0 atom stereocenters. The highest BCUT2D eigenvalue weighted by atomic mass is 19.1. The van der Waals surface area contributed by atoms with E-state index in [1.165, 1.54) is 6.42 Å². The summed E-state index contributed by atoms with van der Waals surface area (Å²) in [5.74, 6) is -0.0527. The van der Waals surface area contributed by atoms with Gasteiger partial charge in [-0.1, -0.05) is 6.42 Å². The Morgan fingerprint density at radius 2 is 2.12 bits per heavy atom. The van der Waals surface area contributed by atoms with Crippen LogP contribution in [0.2, 0.25) is 0 Å². The molecule has 5 heteroatoms. The molecule has 1 aromatic rings. The second-order valence-corrected chi connectivity index (χ2v) is 3.97. The van der Waals surface area contributed by atoms with Crippen molar-refractivity contribution < 1.29 is 9.13 Å². The predicted molar refractivity (Wildman–Crippen MR) is 59.0 cm³/mol. The average molecular weight is 225 g/mol. The van der Waals surface area contributed by atoms with Crippen molar-refractivity contribution in [3.8, 4) is 5.88 Å². The van der Waals surface area contributed by atoms with Crippen LogP contribution in [0.25, 0.3) is 0 Å². The van der Waals surface area contributed by atoms with Crippen molar-refractivity contribution in [3.05, 3.63) is 12.0 Å². The van der Waals surface area contributed by atoms with E-state index >= 15 is 0 Å². The Morgan fingerprint density at radius 1 is 1.38 bits per heavy atom. The topological polar surface area (TPSA) is 47.0 Å². The molecule has 1 aliphatic rings. The van der Waals surface area contributed by atoms with E-state index in [0.717, 1.165) is 31.9 Å². The maximum Gasteiger partial charge on any atom is 0.255 e. The maximum atomic E-state index is 13.4. The third-order valence-electron chi connectivity index (χ3n) is 2.77. The third kappa shape index (κ3) is 2.59. The predicted octanol–water partition coefficient (Wildman–Crippen LogP) is 2.37. The zero-order valence-corrected chi connectivity index (χ0v) is 9.37. The lowest BCUT2D eigenvalue weighted by atomic mass is 9.98. The molecular formula is C11H16FN3O. The molecule has 1 heterocycles. The minimum absolute atomic E-state index is 0.0613. The first kappa shape index (κ1) is 11.1. The Labute approximate surface area is 94.2 Å². The lowest BCUT2D eigenvalue weighted by Gasteiger charge is -2.22. The molecule has 0 aromatic carbocycles. The Balaban J connectivity index is 2.06. The van der Waals surface area contributed by atoms with E-state index in [-0.39, 0.29) is 12.0 Å². The Morgan fingerprint density at radius 3 is 2.81 bits per heavy atom. The lowest BCUT2D eigenvalue weighted by Crippen LogP contribution is -2.21. The summed E-state index contributed by atoms with van der Waals surface area (Å²) in [7, 11) is 1.69. The molecule has 2 rings (SSSR count). The molecule has 1 N–H and O–H groups in total. The van der Waals surface area contributed by atoms with Gasteiger partial charge in [-0.2, -0.15) is 9.37 Å². The smallest absolute Gasteiger partial charge is 0.255 e. The monoisotopic (exact) mass is 225 g/mol. The zero-order chi connectivity index (χ0) is 11.4. The van der Waals surface area contributed by atoms with Crippen LogP contribution in [-0.4, -0.2) is 23.1 Å². The van der Waals surface area contributed by atoms with E-state index in [0.29, 0.717) is 5.95 Å². The quantitative estimate of drug-likeness (QED) is 0.857. The molecule has 4 nitrogen and oxygen atoms in total. The molecular weight excluding hydrogens is 209 g/mol. The summed E-state index contributed by atoms with van der Waals surface area (Å²) < 4.78 is 18.9. The summed E-state index contributed by atoms with van der Waals surface area (Å²) in [4.78, 5) is 7.74. The number of nitrogens with zero attached hydrogens (tertiary/aromatic N) is 2. The van der Waals surface area contributed by atoms with Crippen LogP contribution in [0, 0.1) is 5.82 Å². The summed E-state index contributed by atoms with van der Waals surface area (Å²) in [6.45, 7) is 0. The van der Waals surface area contributed by atoms with Crippen LogP contribution in [0.1, 0.15) is 32.1 Å². The molecule has 0 radical (unpaired) electrons. The molecule has 1 aromatic heterocycles. The molecule has 1 saturated carbocycles. The van der Waals surface area contributed by atoms with E-state index in [4.69, 9.17) is 4.74 Å². The van der Waals surface area contributed by atoms with Gasteiger partial charge < -0.3 is 10.1 Å². The van der Waals surface area contributed by atoms with Crippen LogP contribution in [0.5, 0.6) is 5.88 Å². The normalized spacial score (nSPS) is 17.1. The number of halogens is 1. The number of hydrogen-bond donors (Lipinski definition) is 1. The van der Waals surface area contributed by atoms with Gasteiger partial charge in [0.1, 0.15) is 6.10 Å². The summed E-state index contributed by atoms with van der Waals surface area (Å²) >= 11 is 0. The zero-order valence-electron chi connectivity index (χ0n) is 9.37. The number of hydrogen-bond acceptors (Lipinski definition) is 4. The summed E-state index contributed by atoms with van der Waals surface area (Å²) in [6, 6.07) is 0. The van der Waals surface area contributed by atoms with Crippen LogP contribution in [-0.2, 0) is 0 Å². The molecule has 0 saturated heterocycles. The minimum atomic E-state index is -0.496. The minimum Gasteiger partial charge on any atom is -0.472 e. The van der Waals surface area contributed by atoms with Gasteiger partial charge in [0.15, 0.2) is 0 Å². The molecule has 0 bridgehead atoms. The van der Waals surface area contributed by atoms with Crippen molar-refractivity contribution in [3.63, 3.8) is 0 Å². The van der Waals surface area contributed by atoms with Crippen molar-refractivity contribution in [1.29, 1.82) is 0 Å². The van der Waals surface area contributed by atoms with Gasteiger partial charge in [-0.05, 0) is 25.7 Å². The van der Waals surface area contributed by atoms with Gasteiger partial charge in [0.2, 0.25) is 11.8 Å². The number of rotatable bonds is 3. The van der Waals surface area contributed by atoms with Crippen LogP contribution in [0.3, 0.4) is 0 Å². The highest BCUT2D eigenvalue weighted by Crippen LogP contribution is 2.24. The lowest BCUT2D eigenvalue weighted by molar-refractivity contribution is 0.142. The Hall–Kier alpha value is -1.39. The second-order valence-electron chi connectivity index (χ2n) is 3.97. The summed E-state index contributed by atoms with van der Waals surface area (Å²) in [5.41, 5.74) is 0. The Kier molecular flexibility index (Phi) is 3.54. The largest absolute Gasteiger partial charge is 0.472 e. The van der Waals surface area contributed by atoms with Gasteiger partial charge in [0.05, 0.1) is 6.20 Å². The van der Waals surface area contributed by atoms with Crippen molar-refractivity contribution in [2.45, 2.75) is 38.2 Å². The number of anilines is 1. The number of aromatic nitrogens is 2. The van der Waals surface area contributed by atoms with Gasteiger partial charge >= 0.3 is 0 Å². The van der Waals surface area contributed by atoms with E-state index in [1.807, 2.05) is 0 Å². The molecule has 0 aliphatic heterocycles. The van der Waals surface area contributed by atoms with Crippen molar-refractivity contribution in [1.82, 2.24) is 9.97 Å². The number of nitrogens with one attached hydrogen (secondary N) is 1. The number of ether oxygens (including phenoxy) is 1. The van der Waals surface area contributed by atoms with Crippen LogP contribution in [0.4, 0.5) is 10.3 Å². The fourth-order valence-electron chi connectivity index (χ4n) is 1.90. The first-order valence-electron chi connectivity index (χ1n) is 5.66. The molecule has 88 valence electrons. The highest BCUT2D eigenvalue weighted by Gasteiger charge is 2.18. The SMILES string of the molecule is CNc1ncc(F)c(OC2CCCCC2)n1. The van der Waals surface area contributed by atoms with Gasteiger partial charge in [-0.3, -0.25) is 0 Å². The van der Waals surface area contributed by atoms with Gasteiger partial charge in [0.25, 0.3) is 5.88 Å². The first-order valence-corrected chi connectivity index (χ1v) is 5.66.